The molecule has 2 heterocycles. The summed E-state index contributed by atoms with van der Waals surface area (Å²) in [6, 6.07) is 13.0. The Hall–Kier alpha value is -3.55. The van der Waals surface area contributed by atoms with E-state index in [9.17, 15) is 9.18 Å². The normalized spacial score (nSPS) is 17.7. The largest absolute Gasteiger partial charge is 0.399 e. The Labute approximate surface area is 166 Å². The highest BCUT2D eigenvalue weighted by Crippen LogP contribution is 2.32. The number of carbonyl (C=O) groups is 1. The molecule has 3 aromatic rings. The average Bonchev–Trinajstić information content (AvgIpc) is 3.34. The first kappa shape index (κ1) is 18.8. The minimum atomic E-state index is -0.413. The molecule has 29 heavy (non-hydrogen) atoms. The number of benzene rings is 2. The summed E-state index contributed by atoms with van der Waals surface area (Å²) in [5, 5.41) is 7.81. The molecule has 4 rings (SSSR count). The van der Waals surface area contributed by atoms with E-state index in [1.54, 1.807) is 54.3 Å². The topological polar surface area (TPSA) is 80.8 Å². The molecular formula is C21H19FN4O3. The Balaban J connectivity index is 1.61. The molecule has 148 valence electrons. The summed E-state index contributed by atoms with van der Waals surface area (Å²) >= 11 is 0. The molecule has 0 saturated carbocycles. The van der Waals surface area contributed by atoms with E-state index in [0.717, 1.165) is 0 Å². The molecule has 7 nitrogen and oxygen atoms in total. The van der Waals surface area contributed by atoms with E-state index in [1.165, 1.54) is 13.2 Å². The third kappa shape index (κ3) is 3.73. The smallest absolute Gasteiger partial charge is 0.254 e. The lowest BCUT2D eigenvalue weighted by molar-refractivity contribution is 0.0713. The van der Waals surface area contributed by atoms with Crippen LogP contribution in [0.15, 0.2) is 58.2 Å². The number of aromatic nitrogens is 2. The number of hydrogen-bond donors (Lipinski definition) is 0. The van der Waals surface area contributed by atoms with Gasteiger partial charge in [-0.25, -0.2) is 4.39 Å². The lowest BCUT2D eigenvalue weighted by Gasteiger charge is -2.21. The van der Waals surface area contributed by atoms with Gasteiger partial charge >= 0.3 is 0 Å². The van der Waals surface area contributed by atoms with Gasteiger partial charge in [0.2, 0.25) is 5.89 Å². The number of halogens is 1. The second-order valence-electron chi connectivity index (χ2n) is 6.73. The number of aryl methyl sites for hydroxylation is 1. The minimum Gasteiger partial charge on any atom is -0.399 e. The van der Waals surface area contributed by atoms with Crippen molar-refractivity contribution >= 4 is 11.6 Å². The Morgan fingerprint density at radius 3 is 2.66 bits per heavy atom. The summed E-state index contributed by atoms with van der Waals surface area (Å²) in [6.45, 7) is 2.02. The second-order valence-corrected chi connectivity index (χ2v) is 6.73. The summed E-state index contributed by atoms with van der Waals surface area (Å²) in [7, 11) is 1.46. The van der Waals surface area contributed by atoms with Crippen LogP contribution in [-0.2, 0) is 4.84 Å². The highest BCUT2D eigenvalue weighted by Gasteiger charge is 2.38. The van der Waals surface area contributed by atoms with E-state index in [1.807, 2.05) is 0 Å². The Morgan fingerprint density at radius 2 is 2.00 bits per heavy atom. The first-order chi connectivity index (χ1) is 14.1. The van der Waals surface area contributed by atoms with Crippen LogP contribution in [0.25, 0.3) is 11.1 Å². The van der Waals surface area contributed by atoms with Gasteiger partial charge in [0.05, 0.1) is 12.3 Å². The van der Waals surface area contributed by atoms with E-state index in [0.29, 0.717) is 47.1 Å². The summed E-state index contributed by atoms with van der Waals surface area (Å²) in [5.41, 5.74) is 2.38. The zero-order valence-corrected chi connectivity index (χ0v) is 16.0. The van der Waals surface area contributed by atoms with Crippen molar-refractivity contribution in [2.75, 3.05) is 13.7 Å². The zero-order chi connectivity index (χ0) is 20.4. The van der Waals surface area contributed by atoms with Crippen molar-refractivity contribution in [1.82, 2.24) is 15.0 Å². The van der Waals surface area contributed by atoms with Gasteiger partial charge in [0, 0.05) is 17.5 Å². The number of rotatable bonds is 4. The van der Waals surface area contributed by atoms with Crippen LogP contribution in [0.2, 0.25) is 0 Å². The van der Waals surface area contributed by atoms with Crippen molar-refractivity contribution in [3.05, 3.63) is 71.6 Å². The van der Waals surface area contributed by atoms with Crippen LogP contribution in [0.1, 0.15) is 34.5 Å². The summed E-state index contributed by atoms with van der Waals surface area (Å²) in [6.07, 6.45) is 0.453. The molecule has 0 unspecified atom stereocenters. The van der Waals surface area contributed by atoms with Crippen LogP contribution >= 0.6 is 0 Å². The average molecular weight is 394 g/mol. The van der Waals surface area contributed by atoms with Gasteiger partial charge in [0.25, 0.3) is 5.91 Å². The highest BCUT2D eigenvalue weighted by atomic mass is 19.1. The lowest BCUT2D eigenvalue weighted by Crippen LogP contribution is -2.31. The third-order valence-electron chi connectivity index (χ3n) is 4.78. The van der Waals surface area contributed by atoms with Gasteiger partial charge in [-0.3, -0.25) is 4.79 Å². The van der Waals surface area contributed by atoms with Crippen molar-refractivity contribution in [3.63, 3.8) is 0 Å². The summed E-state index contributed by atoms with van der Waals surface area (Å²) in [5.74, 6) is 0.351. The fourth-order valence-electron chi connectivity index (χ4n) is 3.44. The van der Waals surface area contributed by atoms with Crippen molar-refractivity contribution in [3.8, 4) is 11.1 Å². The fourth-order valence-corrected chi connectivity index (χ4v) is 3.44. The Bertz CT molecular complexity index is 1060. The molecule has 0 bridgehead atoms. The molecule has 1 amide bonds. The van der Waals surface area contributed by atoms with Gasteiger partial charge in [-0.15, -0.1) is 0 Å². The number of hydrogen-bond acceptors (Lipinski definition) is 6. The standard InChI is InChI=1S/C21H19FN4O3/c1-13-23-20(29-24-13)19-11-16(25-28-2)12-26(19)21(27)15-9-7-14(8-10-15)17-5-3-4-6-18(17)22/h3-10,19H,11-12H2,1-2H3/b25-16+/t19-/m0/s1. The first-order valence-corrected chi connectivity index (χ1v) is 9.12. The molecule has 1 atom stereocenters. The van der Waals surface area contributed by atoms with Crippen LogP contribution in [0, 0.1) is 12.7 Å². The number of carbonyl (C=O) groups excluding carboxylic acids is 1. The van der Waals surface area contributed by atoms with Gasteiger partial charge in [0.1, 0.15) is 19.0 Å². The van der Waals surface area contributed by atoms with Crippen molar-refractivity contribution in [1.29, 1.82) is 0 Å². The van der Waals surface area contributed by atoms with Gasteiger partial charge < -0.3 is 14.3 Å². The van der Waals surface area contributed by atoms with Crippen LogP contribution < -0.4 is 0 Å². The number of likely N-dealkylation sites (tertiary alicyclic amines) is 1. The van der Waals surface area contributed by atoms with Crippen molar-refractivity contribution in [2.24, 2.45) is 5.16 Å². The predicted molar refractivity (Wildman–Crippen MR) is 104 cm³/mol. The van der Waals surface area contributed by atoms with Crippen LogP contribution in [0.4, 0.5) is 4.39 Å². The maximum absolute atomic E-state index is 14.0. The lowest BCUT2D eigenvalue weighted by atomic mass is 10.0. The monoisotopic (exact) mass is 394 g/mol. The molecule has 0 aliphatic carbocycles. The van der Waals surface area contributed by atoms with Crippen LogP contribution in [-0.4, -0.2) is 40.3 Å². The predicted octanol–water partition coefficient (Wildman–Crippen LogP) is 3.77. The number of nitrogens with zero attached hydrogens (tertiary/aromatic N) is 4. The van der Waals surface area contributed by atoms with Crippen molar-refractivity contribution in [2.45, 2.75) is 19.4 Å². The molecule has 1 fully saturated rings. The number of oxime groups is 1. The van der Waals surface area contributed by atoms with Gasteiger partial charge in [0.15, 0.2) is 5.82 Å². The summed E-state index contributed by atoms with van der Waals surface area (Å²) in [4.78, 5) is 23.9. The first-order valence-electron chi connectivity index (χ1n) is 9.12. The molecule has 0 radical (unpaired) electrons. The van der Waals surface area contributed by atoms with E-state index in [2.05, 4.69) is 15.3 Å². The molecule has 1 aliphatic heterocycles. The van der Waals surface area contributed by atoms with E-state index in [4.69, 9.17) is 9.36 Å². The quantitative estimate of drug-likeness (QED) is 0.629. The van der Waals surface area contributed by atoms with Gasteiger partial charge in [-0.2, -0.15) is 4.98 Å². The van der Waals surface area contributed by atoms with Gasteiger partial charge in [-0.05, 0) is 30.7 Å². The maximum atomic E-state index is 14.0. The molecule has 1 saturated heterocycles. The SMILES string of the molecule is CO/N=C1\C[C@@H](c2nc(C)no2)N(C(=O)c2ccc(-c3ccccc3F)cc2)C1. The third-order valence-corrected chi connectivity index (χ3v) is 4.78. The van der Waals surface area contributed by atoms with Crippen molar-refractivity contribution < 1.29 is 18.5 Å². The minimum absolute atomic E-state index is 0.202. The highest BCUT2D eigenvalue weighted by molar-refractivity contribution is 6.00. The second kappa shape index (κ2) is 7.83. The van der Waals surface area contributed by atoms with E-state index in [-0.39, 0.29) is 11.7 Å². The molecule has 2 aromatic carbocycles. The Morgan fingerprint density at radius 1 is 1.24 bits per heavy atom. The number of amides is 1. The van der Waals surface area contributed by atoms with Crippen LogP contribution in [0.5, 0.6) is 0 Å². The molecule has 0 spiro atoms. The molecule has 8 heteroatoms. The molecule has 1 aromatic heterocycles. The zero-order valence-electron chi connectivity index (χ0n) is 16.0. The Kier molecular flexibility index (Phi) is 5.07. The van der Waals surface area contributed by atoms with E-state index >= 15 is 0 Å². The molecule has 1 aliphatic rings. The summed E-state index contributed by atoms with van der Waals surface area (Å²) < 4.78 is 19.3. The van der Waals surface area contributed by atoms with Gasteiger partial charge in [-0.1, -0.05) is 40.6 Å². The fraction of sp³-hybridized carbons (Fsp3) is 0.238. The maximum Gasteiger partial charge on any atom is 0.254 e. The molecular weight excluding hydrogens is 375 g/mol. The van der Waals surface area contributed by atoms with Crippen LogP contribution in [0.3, 0.4) is 0 Å². The van der Waals surface area contributed by atoms with E-state index < -0.39 is 6.04 Å². The molecule has 0 N–H and O–H groups in total.